The highest BCUT2D eigenvalue weighted by Crippen LogP contribution is 2.03. The topological polar surface area (TPSA) is 52.3 Å². The number of carbonyl (C=O) groups excluding carboxylic acids is 1. The normalized spacial score (nSPS) is 11.8. The van der Waals surface area contributed by atoms with Crippen LogP contribution in [0.1, 0.15) is 20.3 Å². The number of allylic oxidation sites excluding steroid dienone is 1. The van der Waals surface area contributed by atoms with E-state index < -0.39 is 0 Å². The van der Waals surface area contributed by atoms with Gasteiger partial charge in [0.1, 0.15) is 6.61 Å². The number of hydrogen-bond donors (Lipinski definition) is 1. The lowest BCUT2D eigenvalue weighted by Gasteiger charge is -2.04. The Morgan fingerprint density at radius 3 is 2.67 bits per heavy atom. The van der Waals surface area contributed by atoms with Gasteiger partial charge < -0.3 is 10.5 Å². The van der Waals surface area contributed by atoms with E-state index in [0.29, 0.717) is 17.7 Å². The molecule has 0 rings (SSSR count). The van der Waals surface area contributed by atoms with Crippen molar-refractivity contribution in [1.82, 2.24) is 0 Å². The van der Waals surface area contributed by atoms with Crippen LogP contribution in [-0.2, 0) is 9.53 Å². The van der Waals surface area contributed by atoms with Crippen molar-refractivity contribution < 1.29 is 9.53 Å². The highest BCUT2D eigenvalue weighted by molar-refractivity contribution is 5.88. The maximum atomic E-state index is 11.1. The van der Waals surface area contributed by atoms with Gasteiger partial charge in [0.05, 0.1) is 5.57 Å². The summed E-state index contributed by atoms with van der Waals surface area (Å²) >= 11 is 0. The molecule has 0 amide bonds. The van der Waals surface area contributed by atoms with E-state index in [4.69, 9.17) is 10.5 Å². The minimum absolute atomic E-state index is 0.229. The Balaban J connectivity index is 4.18. The van der Waals surface area contributed by atoms with Crippen LogP contribution in [0.25, 0.3) is 0 Å². The van der Waals surface area contributed by atoms with Gasteiger partial charge in [0.15, 0.2) is 0 Å². The molecular weight excluding hydrogens is 154 g/mol. The Kier molecular flexibility index (Phi) is 4.84. The zero-order chi connectivity index (χ0) is 9.56. The van der Waals surface area contributed by atoms with Gasteiger partial charge >= 0.3 is 5.97 Å². The van der Waals surface area contributed by atoms with Gasteiger partial charge in [-0.2, -0.15) is 0 Å². The standard InChI is InChI=1S/C9H15NO2/c1-4-6-12-9(11)7(3)8(10)5-2/h4H,1,5-6,10H2,2-3H3. The van der Waals surface area contributed by atoms with Crippen LogP contribution < -0.4 is 5.73 Å². The van der Waals surface area contributed by atoms with E-state index in [0.717, 1.165) is 0 Å². The van der Waals surface area contributed by atoms with Gasteiger partial charge in [0, 0.05) is 5.70 Å². The van der Waals surface area contributed by atoms with Crippen molar-refractivity contribution in [2.24, 2.45) is 5.73 Å². The van der Waals surface area contributed by atoms with Gasteiger partial charge in [0.2, 0.25) is 0 Å². The smallest absolute Gasteiger partial charge is 0.335 e. The Morgan fingerprint density at radius 2 is 2.25 bits per heavy atom. The van der Waals surface area contributed by atoms with Crippen LogP contribution in [0.2, 0.25) is 0 Å². The summed E-state index contributed by atoms with van der Waals surface area (Å²) < 4.78 is 4.78. The number of rotatable bonds is 4. The summed E-state index contributed by atoms with van der Waals surface area (Å²) in [5, 5.41) is 0. The number of hydrogen-bond acceptors (Lipinski definition) is 3. The molecule has 0 heterocycles. The third-order valence-electron chi connectivity index (χ3n) is 1.50. The van der Waals surface area contributed by atoms with E-state index in [-0.39, 0.29) is 12.6 Å². The first kappa shape index (κ1) is 10.8. The molecular formula is C9H15NO2. The minimum Gasteiger partial charge on any atom is -0.458 e. The van der Waals surface area contributed by atoms with Gasteiger partial charge in [-0.1, -0.05) is 19.6 Å². The molecule has 3 heteroatoms. The van der Waals surface area contributed by atoms with Gasteiger partial charge in [-0.3, -0.25) is 0 Å². The number of nitrogens with two attached hydrogens (primary N) is 1. The molecule has 0 fully saturated rings. The summed E-state index contributed by atoms with van der Waals surface area (Å²) in [7, 11) is 0. The first-order chi connectivity index (χ1) is 5.63. The molecule has 0 radical (unpaired) electrons. The van der Waals surface area contributed by atoms with E-state index in [9.17, 15) is 4.79 Å². The average molecular weight is 169 g/mol. The SMILES string of the molecule is C=CCOC(=O)C(C)=C(N)CC. The Bertz CT molecular complexity index is 207. The zero-order valence-electron chi connectivity index (χ0n) is 7.59. The fraction of sp³-hybridized carbons (Fsp3) is 0.444. The van der Waals surface area contributed by atoms with E-state index in [1.165, 1.54) is 6.08 Å². The molecule has 0 aromatic rings. The fourth-order valence-electron chi connectivity index (χ4n) is 0.639. The lowest BCUT2D eigenvalue weighted by atomic mass is 10.2. The Hall–Kier alpha value is -1.25. The molecule has 0 bridgehead atoms. The van der Waals surface area contributed by atoms with Crippen molar-refractivity contribution in [3.8, 4) is 0 Å². The number of carbonyl (C=O) groups is 1. The molecule has 0 saturated heterocycles. The first-order valence-electron chi connectivity index (χ1n) is 3.86. The highest BCUT2D eigenvalue weighted by atomic mass is 16.5. The van der Waals surface area contributed by atoms with E-state index in [1.807, 2.05) is 6.92 Å². The number of ether oxygens (including phenoxy) is 1. The van der Waals surface area contributed by atoms with Gasteiger partial charge in [0.25, 0.3) is 0 Å². The predicted octanol–water partition coefficient (Wildman–Crippen LogP) is 1.36. The Labute approximate surface area is 72.9 Å². The van der Waals surface area contributed by atoms with E-state index >= 15 is 0 Å². The van der Waals surface area contributed by atoms with Gasteiger partial charge in [-0.05, 0) is 13.3 Å². The fourth-order valence-corrected chi connectivity index (χ4v) is 0.639. The monoisotopic (exact) mass is 169 g/mol. The van der Waals surface area contributed by atoms with Crippen molar-refractivity contribution in [2.45, 2.75) is 20.3 Å². The number of esters is 1. The van der Waals surface area contributed by atoms with Crippen molar-refractivity contribution in [3.05, 3.63) is 23.9 Å². The van der Waals surface area contributed by atoms with Crippen molar-refractivity contribution in [1.29, 1.82) is 0 Å². The molecule has 0 saturated carbocycles. The second-order valence-electron chi connectivity index (χ2n) is 2.39. The van der Waals surface area contributed by atoms with Crippen molar-refractivity contribution in [3.63, 3.8) is 0 Å². The molecule has 12 heavy (non-hydrogen) atoms. The second kappa shape index (κ2) is 5.41. The molecule has 0 aromatic heterocycles. The van der Waals surface area contributed by atoms with Crippen LogP contribution in [0, 0.1) is 0 Å². The molecule has 3 nitrogen and oxygen atoms in total. The summed E-state index contributed by atoms with van der Waals surface area (Å²) in [5.74, 6) is -0.366. The first-order valence-corrected chi connectivity index (χ1v) is 3.86. The summed E-state index contributed by atoms with van der Waals surface area (Å²) in [6.07, 6.45) is 2.18. The van der Waals surface area contributed by atoms with Crippen molar-refractivity contribution >= 4 is 5.97 Å². The van der Waals surface area contributed by atoms with E-state index in [1.54, 1.807) is 6.92 Å². The minimum atomic E-state index is -0.366. The van der Waals surface area contributed by atoms with Crippen LogP contribution in [0.5, 0.6) is 0 Å². The maximum absolute atomic E-state index is 11.1. The third kappa shape index (κ3) is 3.23. The van der Waals surface area contributed by atoms with Crippen LogP contribution in [0.4, 0.5) is 0 Å². The summed E-state index contributed by atoms with van der Waals surface area (Å²) in [5.41, 5.74) is 6.60. The van der Waals surface area contributed by atoms with Gasteiger partial charge in [-0.25, -0.2) is 4.79 Å². The zero-order valence-corrected chi connectivity index (χ0v) is 7.59. The molecule has 0 aliphatic heterocycles. The van der Waals surface area contributed by atoms with E-state index in [2.05, 4.69) is 6.58 Å². The summed E-state index contributed by atoms with van der Waals surface area (Å²) in [4.78, 5) is 11.1. The largest absolute Gasteiger partial charge is 0.458 e. The van der Waals surface area contributed by atoms with Crippen LogP contribution in [-0.4, -0.2) is 12.6 Å². The Morgan fingerprint density at radius 1 is 1.67 bits per heavy atom. The molecule has 0 aliphatic rings. The lowest BCUT2D eigenvalue weighted by Crippen LogP contribution is -2.11. The molecule has 68 valence electrons. The molecule has 0 aromatic carbocycles. The average Bonchev–Trinajstić information content (AvgIpc) is 2.11. The molecule has 0 unspecified atom stereocenters. The highest BCUT2D eigenvalue weighted by Gasteiger charge is 2.07. The molecule has 0 atom stereocenters. The summed E-state index contributed by atoms with van der Waals surface area (Å²) in [6, 6.07) is 0. The molecule has 0 aliphatic carbocycles. The second-order valence-corrected chi connectivity index (χ2v) is 2.39. The third-order valence-corrected chi connectivity index (χ3v) is 1.50. The quantitative estimate of drug-likeness (QED) is 0.392. The molecule has 0 spiro atoms. The summed E-state index contributed by atoms with van der Waals surface area (Å²) in [6.45, 7) is 7.21. The predicted molar refractivity (Wildman–Crippen MR) is 48.3 cm³/mol. The molecule has 2 N–H and O–H groups in total. The van der Waals surface area contributed by atoms with Gasteiger partial charge in [-0.15, -0.1) is 0 Å². The van der Waals surface area contributed by atoms with Crippen LogP contribution >= 0.6 is 0 Å². The van der Waals surface area contributed by atoms with Crippen LogP contribution in [0.15, 0.2) is 23.9 Å². The lowest BCUT2D eigenvalue weighted by molar-refractivity contribution is -0.137. The maximum Gasteiger partial charge on any atom is 0.335 e. The van der Waals surface area contributed by atoms with Crippen molar-refractivity contribution in [2.75, 3.05) is 6.61 Å². The van der Waals surface area contributed by atoms with Crippen LogP contribution in [0.3, 0.4) is 0 Å².